The zero-order valence-electron chi connectivity index (χ0n) is 16.9. The Labute approximate surface area is 198 Å². The maximum atomic E-state index is 12.2. The lowest BCUT2D eigenvalue weighted by atomic mass is 10.1. The minimum Gasteiger partial charge on any atom is -0.486 e. The molecule has 4 aromatic rings. The Morgan fingerprint density at radius 2 is 1.73 bits per heavy atom. The summed E-state index contributed by atoms with van der Waals surface area (Å²) in [6.07, 6.45) is 1.40. The average molecular weight is 483 g/mol. The van der Waals surface area contributed by atoms with Crippen molar-refractivity contribution in [1.82, 2.24) is 5.43 Å². The maximum absolute atomic E-state index is 12.2. The van der Waals surface area contributed by atoms with E-state index in [9.17, 15) is 9.59 Å². The first-order valence-electron chi connectivity index (χ1n) is 9.67. The van der Waals surface area contributed by atoms with E-state index in [1.165, 1.54) is 18.3 Å². The van der Waals surface area contributed by atoms with Gasteiger partial charge in [-0.3, -0.25) is 4.79 Å². The molecule has 1 amide bonds. The molecule has 0 saturated carbocycles. The number of nitrogens with zero attached hydrogens (tertiary/aromatic N) is 1. The van der Waals surface area contributed by atoms with Crippen molar-refractivity contribution in [2.45, 2.75) is 6.61 Å². The molecule has 0 aliphatic rings. The molecule has 33 heavy (non-hydrogen) atoms. The predicted octanol–water partition coefficient (Wildman–Crippen LogP) is 5.78. The molecule has 0 unspecified atom stereocenters. The van der Waals surface area contributed by atoms with Gasteiger partial charge in [0.1, 0.15) is 12.2 Å². The number of carbonyl (C=O) groups is 2. The summed E-state index contributed by atoms with van der Waals surface area (Å²) in [5.74, 6) is -1.07. The predicted molar refractivity (Wildman–Crippen MR) is 125 cm³/mol. The number of carbonyl (C=O) groups excluding carboxylic acids is 1. The molecule has 2 N–H and O–H groups in total. The van der Waals surface area contributed by atoms with Gasteiger partial charge < -0.3 is 14.3 Å². The monoisotopic (exact) mass is 482 g/mol. The van der Waals surface area contributed by atoms with Gasteiger partial charge in [-0.05, 0) is 47.5 Å². The highest BCUT2D eigenvalue weighted by Crippen LogP contribution is 2.34. The van der Waals surface area contributed by atoms with Crippen LogP contribution in [0.15, 0.2) is 76.2 Å². The number of amides is 1. The van der Waals surface area contributed by atoms with Crippen LogP contribution in [0, 0.1) is 0 Å². The van der Waals surface area contributed by atoms with Crippen molar-refractivity contribution in [1.29, 1.82) is 0 Å². The van der Waals surface area contributed by atoms with E-state index in [0.29, 0.717) is 11.1 Å². The van der Waals surface area contributed by atoms with E-state index in [-0.39, 0.29) is 33.7 Å². The topological polar surface area (TPSA) is 101 Å². The van der Waals surface area contributed by atoms with E-state index in [1.807, 2.05) is 18.2 Å². The fourth-order valence-corrected chi connectivity index (χ4v) is 3.62. The zero-order chi connectivity index (χ0) is 23.4. The largest absolute Gasteiger partial charge is 0.486 e. The Bertz CT molecular complexity index is 1310. The van der Waals surface area contributed by atoms with Gasteiger partial charge in [-0.2, -0.15) is 5.10 Å². The number of hydrogen-bond acceptors (Lipinski definition) is 5. The molecular weight excluding hydrogens is 467 g/mol. The lowest BCUT2D eigenvalue weighted by Gasteiger charge is -2.11. The van der Waals surface area contributed by atoms with Crippen molar-refractivity contribution in [2.24, 2.45) is 5.10 Å². The standard InChI is InChI=1S/C24H16Cl2N2O5/c25-18-9-15(12-27-28-23(29)21-11-17-3-1-2-4-20(17)33-21)10-19(26)22(18)32-13-14-5-7-16(8-6-14)24(30)31/h1-12H,13H2,(H,28,29)(H,30,31)/b27-12+. The highest BCUT2D eigenvalue weighted by atomic mass is 35.5. The molecule has 0 aliphatic carbocycles. The lowest BCUT2D eigenvalue weighted by molar-refractivity contribution is 0.0696. The molecule has 0 saturated heterocycles. The number of nitrogens with one attached hydrogen (secondary N) is 1. The Balaban J connectivity index is 1.39. The number of fused-ring (bicyclic) bond motifs is 1. The first-order valence-corrected chi connectivity index (χ1v) is 10.4. The summed E-state index contributed by atoms with van der Waals surface area (Å²) in [4.78, 5) is 23.2. The Hall–Kier alpha value is -3.81. The number of halogens is 2. The smallest absolute Gasteiger partial charge is 0.335 e. The zero-order valence-corrected chi connectivity index (χ0v) is 18.4. The highest BCUT2D eigenvalue weighted by Gasteiger charge is 2.12. The van der Waals surface area contributed by atoms with Crippen LogP contribution < -0.4 is 10.2 Å². The van der Waals surface area contributed by atoms with Crippen molar-refractivity contribution in [3.8, 4) is 5.75 Å². The first-order chi connectivity index (χ1) is 15.9. The van der Waals surface area contributed by atoms with Crippen LogP contribution in [0.3, 0.4) is 0 Å². The van der Waals surface area contributed by atoms with Gasteiger partial charge in [0, 0.05) is 5.39 Å². The van der Waals surface area contributed by atoms with E-state index in [2.05, 4.69) is 10.5 Å². The molecule has 1 aromatic heterocycles. The van der Waals surface area contributed by atoms with Gasteiger partial charge in [-0.25, -0.2) is 10.2 Å². The molecule has 0 atom stereocenters. The summed E-state index contributed by atoms with van der Waals surface area (Å²) in [5.41, 5.74) is 4.50. The fraction of sp³-hybridized carbons (Fsp3) is 0.0417. The van der Waals surface area contributed by atoms with Crippen LogP contribution >= 0.6 is 23.2 Å². The molecule has 0 spiro atoms. The number of furan rings is 1. The van der Waals surface area contributed by atoms with Crippen molar-refractivity contribution >= 4 is 52.3 Å². The highest BCUT2D eigenvalue weighted by molar-refractivity contribution is 6.37. The van der Waals surface area contributed by atoms with E-state index in [1.54, 1.807) is 36.4 Å². The summed E-state index contributed by atoms with van der Waals surface area (Å²) >= 11 is 12.6. The van der Waals surface area contributed by atoms with Gasteiger partial charge >= 0.3 is 11.9 Å². The molecule has 1 heterocycles. The minimum atomic E-state index is -1.00. The fourth-order valence-electron chi connectivity index (χ4n) is 3.01. The molecule has 4 rings (SSSR count). The summed E-state index contributed by atoms with van der Waals surface area (Å²) in [6, 6.07) is 18.4. The van der Waals surface area contributed by atoms with Crippen LogP contribution in [0.5, 0.6) is 5.75 Å². The van der Waals surface area contributed by atoms with Crippen molar-refractivity contribution in [2.75, 3.05) is 0 Å². The SMILES string of the molecule is O=C(O)c1ccc(COc2c(Cl)cc(/C=N/NC(=O)c3cc4ccccc4o3)cc2Cl)cc1. The van der Waals surface area contributed by atoms with Gasteiger partial charge in [0.15, 0.2) is 11.5 Å². The van der Waals surface area contributed by atoms with Gasteiger partial charge in [0.25, 0.3) is 0 Å². The van der Waals surface area contributed by atoms with E-state index >= 15 is 0 Å². The van der Waals surface area contributed by atoms with E-state index < -0.39 is 11.9 Å². The van der Waals surface area contributed by atoms with Crippen LogP contribution in [0.4, 0.5) is 0 Å². The number of aromatic carboxylic acids is 1. The number of rotatable bonds is 7. The van der Waals surface area contributed by atoms with Crippen molar-refractivity contribution < 1.29 is 23.8 Å². The number of carboxylic acid groups (broad SMARTS) is 1. The van der Waals surface area contributed by atoms with E-state index in [4.69, 9.17) is 37.5 Å². The number of benzene rings is 3. The molecule has 9 heteroatoms. The number of carboxylic acids is 1. The molecule has 0 aliphatic heterocycles. The van der Waals surface area contributed by atoms with Gasteiger partial charge in [0.2, 0.25) is 0 Å². The third-order valence-electron chi connectivity index (χ3n) is 4.63. The van der Waals surface area contributed by atoms with Crippen LogP contribution in [0.1, 0.15) is 32.0 Å². The van der Waals surface area contributed by atoms with Crippen LogP contribution in [0.2, 0.25) is 10.0 Å². The second kappa shape index (κ2) is 9.77. The number of hydrogen-bond donors (Lipinski definition) is 2. The molecule has 0 radical (unpaired) electrons. The summed E-state index contributed by atoms with van der Waals surface area (Å²) in [6.45, 7) is 0.153. The van der Waals surface area contributed by atoms with Crippen LogP contribution in [0.25, 0.3) is 11.0 Å². The van der Waals surface area contributed by atoms with Crippen molar-refractivity contribution in [3.63, 3.8) is 0 Å². The molecule has 166 valence electrons. The average Bonchev–Trinajstić information content (AvgIpc) is 3.23. The normalized spacial score (nSPS) is 11.1. The summed E-state index contributed by atoms with van der Waals surface area (Å²) in [5, 5.41) is 14.2. The third-order valence-corrected chi connectivity index (χ3v) is 5.20. The number of para-hydroxylation sites is 1. The molecule has 0 bridgehead atoms. The van der Waals surface area contributed by atoms with Crippen LogP contribution in [-0.2, 0) is 6.61 Å². The summed E-state index contributed by atoms with van der Waals surface area (Å²) < 4.78 is 11.2. The molecule has 0 fully saturated rings. The molecular formula is C24H16Cl2N2O5. The van der Waals surface area contributed by atoms with E-state index in [0.717, 1.165) is 10.9 Å². The Kier molecular flexibility index (Phi) is 6.63. The Morgan fingerprint density at radius 3 is 2.39 bits per heavy atom. The van der Waals surface area contributed by atoms with Crippen LogP contribution in [-0.4, -0.2) is 23.2 Å². The van der Waals surface area contributed by atoms with Gasteiger partial charge in [-0.1, -0.05) is 53.5 Å². The molecule has 3 aromatic carbocycles. The molecule has 7 nitrogen and oxygen atoms in total. The first kappa shape index (κ1) is 22.4. The quantitative estimate of drug-likeness (QED) is 0.256. The lowest BCUT2D eigenvalue weighted by Crippen LogP contribution is -2.16. The minimum absolute atomic E-state index is 0.143. The van der Waals surface area contributed by atoms with Gasteiger partial charge in [-0.15, -0.1) is 0 Å². The second-order valence-electron chi connectivity index (χ2n) is 6.95. The van der Waals surface area contributed by atoms with Crippen molar-refractivity contribution in [3.05, 3.63) is 99.2 Å². The summed E-state index contributed by atoms with van der Waals surface area (Å²) in [7, 11) is 0. The third kappa shape index (κ3) is 5.34. The Morgan fingerprint density at radius 1 is 1.03 bits per heavy atom. The number of ether oxygens (including phenoxy) is 1. The number of hydrazone groups is 1. The van der Waals surface area contributed by atoms with Gasteiger partial charge in [0.05, 0.1) is 21.8 Å². The maximum Gasteiger partial charge on any atom is 0.335 e. The second-order valence-corrected chi connectivity index (χ2v) is 7.77.